The number of benzene rings is 1. The van der Waals surface area contributed by atoms with Crippen LogP contribution in [0.2, 0.25) is 0 Å². The van der Waals surface area contributed by atoms with Gasteiger partial charge in [0.15, 0.2) is 0 Å². The van der Waals surface area contributed by atoms with E-state index in [2.05, 4.69) is 9.47 Å². The maximum atomic E-state index is 12.1. The maximum absolute atomic E-state index is 12.1. The van der Waals surface area contributed by atoms with Crippen LogP contribution in [0.15, 0.2) is 18.2 Å². The molecule has 1 aromatic rings. The zero-order valence-electron chi connectivity index (χ0n) is 8.88. The van der Waals surface area contributed by atoms with Gasteiger partial charge in [-0.3, -0.25) is 4.79 Å². The van der Waals surface area contributed by atoms with E-state index in [1.54, 1.807) is 0 Å². The second kappa shape index (κ2) is 5.12. The number of alkyl halides is 3. The summed E-state index contributed by atoms with van der Waals surface area (Å²) >= 11 is 0. The summed E-state index contributed by atoms with van der Waals surface area (Å²) in [5, 5.41) is 0. The molecular formula is C10H8BF3O3. The van der Waals surface area contributed by atoms with Crippen LogP contribution < -0.4 is 10.2 Å². The Balaban J connectivity index is 2.99. The van der Waals surface area contributed by atoms with Gasteiger partial charge in [0.25, 0.3) is 0 Å². The molecule has 0 aromatic heterocycles. The van der Waals surface area contributed by atoms with Crippen LogP contribution in [-0.4, -0.2) is 27.3 Å². The number of halogens is 3. The van der Waals surface area contributed by atoms with Crippen molar-refractivity contribution in [3.63, 3.8) is 0 Å². The van der Waals surface area contributed by atoms with Crippen LogP contribution in [0.25, 0.3) is 0 Å². The Morgan fingerprint density at radius 3 is 2.59 bits per heavy atom. The molecule has 90 valence electrons. The summed E-state index contributed by atoms with van der Waals surface area (Å²) < 4.78 is 44.4. The minimum Gasteiger partial charge on any atom is -0.469 e. The smallest absolute Gasteiger partial charge is 0.469 e. The number of methoxy groups -OCH3 is 1. The Morgan fingerprint density at radius 2 is 2.06 bits per heavy atom. The van der Waals surface area contributed by atoms with Gasteiger partial charge in [0.05, 0.1) is 13.5 Å². The molecule has 0 aliphatic carbocycles. The standard InChI is InChI=1S/C10H8BF3O3/c1-16-9(15)4-6-2-3-7(11)5-8(6)17-10(12,13)14/h2-3,5H,4H2,1H3. The summed E-state index contributed by atoms with van der Waals surface area (Å²) in [5.74, 6) is -1.16. The molecule has 0 N–H and O–H groups in total. The molecule has 0 amide bonds. The highest BCUT2D eigenvalue weighted by molar-refractivity contribution is 6.32. The van der Waals surface area contributed by atoms with Gasteiger partial charge in [-0.05, 0) is 6.07 Å². The van der Waals surface area contributed by atoms with Crippen LogP contribution in [0.1, 0.15) is 5.56 Å². The van der Waals surface area contributed by atoms with Gasteiger partial charge >= 0.3 is 12.3 Å². The molecule has 2 radical (unpaired) electrons. The number of hydrogen-bond acceptors (Lipinski definition) is 3. The van der Waals surface area contributed by atoms with Crippen molar-refractivity contribution in [2.45, 2.75) is 12.8 Å². The first-order valence-electron chi connectivity index (χ1n) is 4.53. The third-order valence-electron chi connectivity index (χ3n) is 1.88. The summed E-state index contributed by atoms with van der Waals surface area (Å²) in [7, 11) is 6.49. The molecule has 0 fully saturated rings. The van der Waals surface area contributed by atoms with Crippen molar-refractivity contribution >= 4 is 19.3 Å². The molecule has 0 atom stereocenters. The molecule has 7 heteroatoms. The Labute approximate surface area is 96.9 Å². The summed E-state index contributed by atoms with van der Waals surface area (Å²) in [6, 6.07) is 3.67. The van der Waals surface area contributed by atoms with E-state index >= 15 is 0 Å². The average Bonchev–Trinajstić information content (AvgIpc) is 2.19. The van der Waals surface area contributed by atoms with Crippen molar-refractivity contribution in [3.05, 3.63) is 23.8 Å². The Bertz CT molecular complexity index is 418. The monoisotopic (exact) mass is 244 g/mol. The van der Waals surface area contributed by atoms with E-state index in [1.807, 2.05) is 0 Å². The topological polar surface area (TPSA) is 35.5 Å². The van der Waals surface area contributed by atoms with Crippen LogP contribution in [0, 0.1) is 0 Å². The number of esters is 1. The first-order valence-corrected chi connectivity index (χ1v) is 4.53. The molecule has 0 saturated carbocycles. The predicted octanol–water partition coefficient (Wildman–Crippen LogP) is 1.09. The number of ether oxygens (including phenoxy) is 2. The summed E-state index contributed by atoms with van der Waals surface area (Å²) in [6.45, 7) is 0. The van der Waals surface area contributed by atoms with E-state index in [1.165, 1.54) is 12.1 Å². The van der Waals surface area contributed by atoms with E-state index in [-0.39, 0.29) is 17.4 Å². The van der Waals surface area contributed by atoms with Crippen LogP contribution >= 0.6 is 0 Å². The normalized spacial score (nSPS) is 11.1. The van der Waals surface area contributed by atoms with Crippen molar-refractivity contribution in [1.82, 2.24) is 0 Å². The fraction of sp³-hybridized carbons (Fsp3) is 0.300. The van der Waals surface area contributed by atoms with Gasteiger partial charge in [-0.15, -0.1) is 13.2 Å². The third-order valence-corrected chi connectivity index (χ3v) is 1.88. The highest BCUT2D eigenvalue weighted by Crippen LogP contribution is 2.25. The van der Waals surface area contributed by atoms with Crippen LogP contribution in [0.5, 0.6) is 5.75 Å². The van der Waals surface area contributed by atoms with Gasteiger partial charge in [-0.2, -0.15) is 0 Å². The van der Waals surface area contributed by atoms with Gasteiger partial charge in [0.1, 0.15) is 13.6 Å². The van der Waals surface area contributed by atoms with E-state index in [0.29, 0.717) is 0 Å². The lowest BCUT2D eigenvalue weighted by molar-refractivity contribution is -0.274. The molecule has 3 nitrogen and oxygen atoms in total. The van der Waals surface area contributed by atoms with Crippen LogP contribution in [-0.2, 0) is 16.0 Å². The molecule has 0 aliphatic heterocycles. The van der Waals surface area contributed by atoms with Gasteiger partial charge in [-0.25, -0.2) is 0 Å². The minimum atomic E-state index is -4.83. The van der Waals surface area contributed by atoms with Gasteiger partial charge in [0.2, 0.25) is 0 Å². The molecule has 1 rings (SSSR count). The molecule has 0 unspecified atom stereocenters. The maximum Gasteiger partial charge on any atom is 0.573 e. The summed E-state index contributed by atoms with van der Waals surface area (Å²) in [4.78, 5) is 11.0. The van der Waals surface area contributed by atoms with Crippen molar-refractivity contribution in [3.8, 4) is 5.75 Å². The second-order valence-electron chi connectivity index (χ2n) is 3.17. The summed E-state index contributed by atoms with van der Waals surface area (Å²) in [6.07, 6.45) is -5.15. The number of rotatable bonds is 3. The second-order valence-corrected chi connectivity index (χ2v) is 3.17. The van der Waals surface area contributed by atoms with Gasteiger partial charge in [-0.1, -0.05) is 17.6 Å². The summed E-state index contributed by atoms with van der Waals surface area (Å²) in [5.41, 5.74) is 0.168. The first-order chi connectivity index (χ1) is 7.81. The zero-order chi connectivity index (χ0) is 13.1. The van der Waals surface area contributed by atoms with E-state index < -0.39 is 18.1 Å². The van der Waals surface area contributed by atoms with Crippen molar-refractivity contribution in [2.75, 3.05) is 7.11 Å². The Hall–Kier alpha value is -1.66. The highest BCUT2D eigenvalue weighted by Gasteiger charge is 2.32. The molecule has 0 spiro atoms. The molecule has 0 bridgehead atoms. The minimum absolute atomic E-state index is 0.0587. The lowest BCUT2D eigenvalue weighted by Gasteiger charge is -2.13. The van der Waals surface area contributed by atoms with Crippen molar-refractivity contribution < 1.29 is 27.4 Å². The SMILES string of the molecule is [B]c1ccc(CC(=O)OC)c(OC(F)(F)F)c1. The number of hydrogen-bond donors (Lipinski definition) is 0. The lowest BCUT2D eigenvalue weighted by Crippen LogP contribution is -2.20. The Kier molecular flexibility index (Phi) is 4.04. The van der Waals surface area contributed by atoms with E-state index in [0.717, 1.165) is 13.2 Å². The Morgan fingerprint density at radius 1 is 1.41 bits per heavy atom. The first kappa shape index (κ1) is 13.4. The third kappa shape index (κ3) is 4.38. The average molecular weight is 244 g/mol. The molecule has 1 aromatic carbocycles. The fourth-order valence-electron chi connectivity index (χ4n) is 1.16. The molecular weight excluding hydrogens is 236 g/mol. The van der Waals surface area contributed by atoms with Crippen molar-refractivity contribution in [1.29, 1.82) is 0 Å². The molecule has 0 saturated heterocycles. The molecule has 17 heavy (non-hydrogen) atoms. The fourth-order valence-corrected chi connectivity index (χ4v) is 1.16. The number of carbonyl (C=O) groups is 1. The van der Waals surface area contributed by atoms with Gasteiger partial charge < -0.3 is 9.47 Å². The quantitative estimate of drug-likeness (QED) is 0.589. The lowest BCUT2D eigenvalue weighted by atomic mass is 9.94. The van der Waals surface area contributed by atoms with Crippen molar-refractivity contribution in [2.24, 2.45) is 0 Å². The van der Waals surface area contributed by atoms with Crippen LogP contribution in [0.3, 0.4) is 0 Å². The predicted molar refractivity (Wildman–Crippen MR) is 54.2 cm³/mol. The molecule has 0 aliphatic rings. The molecule has 0 heterocycles. The highest BCUT2D eigenvalue weighted by atomic mass is 19.4. The number of carbonyl (C=O) groups excluding carboxylic acids is 1. The van der Waals surface area contributed by atoms with Gasteiger partial charge in [0, 0.05) is 5.56 Å². The van der Waals surface area contributed by atoms with E-state index in [9.17, 15) is 18.0 Å². The largest absolute Gasteiger partial charge is 0.573 e. The zero-order valence-corrected chi connectivity index (χ0v) is 8.88. The van der Waals surface area contributed by atoms with Crippen LogP contribution in [0.4, 0.5) is 13.2 Å². The van der Waals surface area contributed by atoms with E-state index in [4.69, 9.17) is 7.85 Å².